The van der Waals surface area contributed by atoms with Gasteiger partial charge < -0.3 is 4.74 Å². The Morgan fingerprint density at radius 3 is 2.69 bits per heavy atom. The molecule has 1 rings (SSSR count). The lowest BCUT2D eigenvalue weighted by atomic mass is 10.1. The quantitative estimate of drug-likeness (QED) is 0.501. The van der Waals surface area contributed by atoms with Crippen molar-refractivity contribution in [2.75, 3.05) is 6.61 Å². The zero-order chi connectivity index (χ0) is 11.6. The molecule has 0 atom stereocenters. The highest BCUT2D eigenvalue weighted by atomic mass is 32.1. The van der Waals surface area contributed by atoms with E-state index in [1.807, 2.05) is 10.8 Å². The van der Waals surface area contributed by atoms with Crippen molar-refractivity contribution in [3.8, 4) is 0 Å². The summed E-state index contributed by atoms with van der Waals surface area (Å²) in [6, 6.07) is 1.80. The average Bonchev–Trinajstić information content (AvgIpc) is 2.81. The van der Waals surface area contributed by atoms with Crippen molar-refractivity contribution in [2.24, 2.45) is 0 Å². The maximum atomic E-state index is 11.4. The molecule has 0 amide bonds. The Hall–Kier alpha value is -0.830. The number of hydrogen-bond donors (Lipinski definition) is 0. The monoisotopic (exact) mass is 240 g/mol. The van der Waals surface area contributed by atoms with E-state index < -0.39 is 0 Å². The van der Waals surface area contributed by atoms with E-state index in [0.717, 1.165) is 12.8 Å². The van der Waals surface area contributed by atoms with Gasteiger partial charge in [-0.1, -0.05) is 39.0 Å². The zero-order valence-corrected chi connectivity index (χ0v) is 10.7. The van der Waals surface area contributed by atoms with E-state index in [1.165, 1.54) is 37.0 Å². The average molecular weight is 240 g/mol. The molecule has 0 unspecified atom stereocenters. The number of carbonyl (C=O) groups excluding carboxylic acids is 1. The predicted molar refractivity (Wildman–Crippen MR) is 68.0 cm³/mol. The van der Waals surface area contributed by atoms with Gasteiger partial charge in [0.25, 0.3) is 0 Å². The third-order valence-corrected chi connectivity index (χ3v) is 3.17. The van der Waals surface area contributed by atoms with Crippen LogP contribution < -0.4 is 0 Å². The number of thiophene rings is 1. The third kappa shape index (κ3) is 5.31. The number of unbranched alkanes of at least 4 members (excludes halogenated alkanes) is 5. The summed E-state index contributed by atoms with van der Waals surface area (Å²) < 4.78 is 5.16. The Labute approximate surface area is 102 Å². The van der Waals surface area contributed by atoms with Gasteiger partial charge in [-0.25, -0.2) is 4.79 Å². The topological polar surface area (TPSA) is 26.3 Å². The summed E-state index contributed by atoms with van der Waals surface area (Å²) in [6.07, 6.45) is 7.29. The number of rotatable bonds is 8. The first-order chi connectivity index (χ1) is 7.84. The Bertz CT molecular complexity index is 280. The lowest BCUT2D eigenvalue weighted by Gasteiger charge is -2.03. The van der Waals surface area contributed by atoms with Crippen molar-refractivity contribution >= 4 is 17.3 Å². The maximum absolute atomic E-state index is 11.4. The number of carbonyl (C=O) groups is 1. The molecule has 16 heavy (non-hydrogen) atoms. The Morgan fingerprint density at radius 1 is 1.25 bits per heavy atom. The maximum Gasteiger partial charge on any atom is 0.338 e. The molecule has 0 aliphatic carbocycles. The highest BCUT2D eigenvalue weighted by molar-refractivity contribution is 7.08. The molecule has 0 aliphatic heterocycles. The normalized spacial score (nSPS) is 10.3. The van der Waals surface area contributed by atoms with Gasteiger partial charge in [0.05, 0.1) is 12.2 Å². The van der Waals surface area contributed by atoms with Crippen LogP contribution in [0.25, 0.3) is 0 Å². The van der Waals surface area contributed by atoms with Crippen LogP contribution in [0.3, 0.4) is 0 Å². The van der Waals surface area contributed by atoms with E-state index in [-0.39, 0.29) is 5.97 Å². The minimum atomic E-state index is -0.185. The lowest BCUT2D eigenvalue weighted by Crippen LogP contribution is -2.05. The number of ether oxygens (including phenoxy) is 1. The van der Waals surface area contributed by atoms with Crippen molar-refractivity contribution in [1.29, 1.82) is 0 Å². The van der Waals surface area contributed by atoms with Crippen molar-refractivity contribution in [2.45, 2.75) is 45.4 Å². The SMILES string of the molecule is CCCCCCCCOC(=O)c1ccsc1. The summed E-state index contributed by atoms with van der Waals surface area (Å²) in [5, 5.41) is 3.71. The van der Waals surface area contributed by atoms with Gasteiger partial charge in [0.1, 0.15) is 0 Å². The van der Waals surface area contributed by atoms with E-state index in [4.69, 9.17) is 4.74 Å². The van der Waals surface area contributed by atoms with Crippen LogP contribution >= 0.6 is 11.3 Å². The smallest absolute Gasteiger partial charge is 0.338 e. The molecule has 0 aromatic carbocycles. The third-order valence-electron chi connectivity index (χ3n) is 2.49. The minimum Gasteiger partial charge on any atom is -0.462 e. The molecule has 1 aromatic heterocycles. The van der Waals surface area contributed by atoms with Gasteiger partial charge in [-0.05, 0) is 17.9 Å². The Balaban J connectivity index is 1.97. The highest BCUT2D eigenvalue weighted by Gasteiger charge is 2.05. The van der Waals surface area contributed by atoms with Crippen molar-refractivity contribution in [3.63, 3.8) is 0 Å². The summed E-state index contributed by atoms with van der Waals surface area (Å²) in [4.78, 5) is 11.4. The first-order valence-electron chi connectivity index (χ1n) is 6.04. The highest BCUT2D eigenvalue weighted by Crippen LogP contribution is 2.09. The lowest BCUT2D eigenvalue weighted by molar-refractivity contribution is 0.0498. The fourth-order valence-corrected chi connectivity index (χ4v) is 2.14. The van der Waals surface area contributed by atoms with Crippen LogP contribution in [-0.2, 0) is 4.74 Å². The van der Waals surface area contributed by atoms with Crippen molar-refractivity contribution in [3.05, 3.63) is 22.4 Å². The molecule has 3 heteroatoms. The second-order valence-corrected chi connectivity index (χ2v) is 4.70. The fourth-order valence-electron chi connectivity index (χ4n) is 1.51. The predicted octanol–water partition coefficient (Wildman–Crippen LogP) is 4.27. The van der Waals surface area contributed by atoms with Gasteiger partial charge in [-0.2, -0.15) is 11.3 Å². The standard InChI is InChI=1S/C13H20O2S/c1-2-3-4-5-6-7-9-15-13(14)12-8-10-16-11-12/h8,10-11H,2-7,9H2,1H3. The van der Waals surface area contributed by atoms with Gasteiger partial charge in [-0.3, -0.25) is 0 Å². The van der Waals surface area contributed by atoms with Gasteiger partial charge in [0.15, 0.2) is 0 Å². The zero-order valence-electron chi connectivity index (χ0n) is 9.91. The Kier molecular flexibility index (Phi) is 6.90. The summed E-state index contributed by atoms with van der Waals surface area (Å²) in [5.41, 5.74) is 0.677. The molecular weight excluding hydrogens is 220 g/mol. The molecule has 1 heterocycles. The molecule has 0 saturated heterocycles. The van der Waals surface area contributed by atoms with Crippen molar-refractivity contribution < 1.29 is 9.53 Å². The van der Waals surface area contributed by atoms with Crippen LogP contribution in [0, 0.1) is 0 Å². The molecule has 90 valence electrons. The van der Waals surface area contributed by atoms with Crippen LogP contribution in [0.4, 0.5) is 0 Å². The summed E-state index contributed by atoms with van der Waals surface area (Å²) in [5.74, 6) is -0.185. The van der Waals surface area contributed by atoms with E-state index in [9.17, 15) is 4.79 Å². The van der Waals surface area contributed by atoms with Gasteiger partial charge >= 0.3 is 5.97 Å². The van der Waals surface area contributed by atoms with Gasteiger partial charge in [-0.15, -0.1) is 0 Å². The summed E-state index contributed by atoms with van der Waals surface area (Å²) >= 11 is 1.52. The first-order valence-corrected chi connectivity index (χ1v) is 6.98. The van der Waals surface area contributed by atoms with E-state index in [0.29, 0.717) is 12.2 Å². The van der Waals surface area contributed by atoms with E-state index >= 15 is 0 Å². The van der Waals surface area contributed by atoms with Crippen LogP contribution in [-0.4, -0.2) is 12.6 Å². The molecule has 0 bridgehead atoms. The van der Waals surface area contributed by atoms with Crippen molar-refractivity contribution in [1.82, 2.24) is 0 Å². The van der Waals surface area contributed by atoms with Gasteiger partial charge in [0, 0.05) is 5.38 Å². The molecule has 0 spiro atoms. The minimum absolute atomic E-state index is 0.185. The molecule has 2 nitrogen and oxygen atoms in total. The number of hydrogen-bond acceptors (Lipinski definition) is 3. The Morgan fingerprint density at radius 2 is 2.00 bits per heavy atom. The van der Waals surface area contributed by atoms with E-state index in [1.54, 1.807) is 6.07 Å². The molecular formula is C13H20O2S. The summed E-state index contributed by atoms with van der Waals surface area (Å²) in [7, 11) is 0. The molecule has 0 saturated carbocycles. The summed E-state index contributed by atoms with van der Waals surface area (Å²) in [6.45, 7) is 2.77. The van der Waals surface area contributed by atoms with Crippen LogP contribution in [0.15, 0.2) is 16.8 Å². The fraction of sp³-hybridized carbons (Fsp3) is 0.615. The molecule has 1 aromatic rings. The van der Waals surface area contributed by atoms with E-state index in [2.05, 4.69) is 6.92 Å². The van der Waals surface area contributed by atoms with Gasteiger partial charge in [0.2, 0.25) is 0 Å². The number of esters is 1. The molecule has 0 fully saturated rings. The molecule has 0 radical (unpaired) electrons. The molecule has 0 N–H and O–H groups in total. The van der Waals surface area contributed by atoms with Crippen LogP contribution in [0.5, 0.6) is 0 Å². The first kappa shape index (κ1) is 13.2. The van der Waals surface area contributed by atoms with Crippen LogP contribution in [0.2, 0.25) is 0 Å². The largest absolute Gasteiger partial charge is 0.462 e. The second-order valence-electron chi connectivity index (χ2n) is 3.92. The molecule has 0 aliphatic rings. The second kappa shape index (κ2) is 8.34. The van der Waals surface area contributed by atoms with Crippen LogP contribution in [0.1, 0.15) is 55.8 Å².